The van der Waals surface area contributed by atoms with Crippen LogP contribution >= 0.6 is 23.4 Å². The summed E-state index contributed by atoms with van der Waals surface area (Å²) in [5.41, 5.74) is 2.37. The first kappa shape index (κ1) is 22.8. The number of halogens is 4. The first-order chi connectivity index (χ1) is 13.2. The van der Waals surface area contributed by atoms with Crippen LogP contribution < -0.4 is 5.48 Å². The van der Waals surface area contributed by atoms with Gasteiger partial charge in [0.25, 0.3) is 0 Å². The van der Waals surface area contributed by atoms with Crippen LogP contribution in [0.3, 0.4) is 0 Å². The van der Waals surface area contributed by atoms with E-state index in [1.807, 2.05) is 6.92 Å². The van der Waals surface area contributed by atoms with Crippen molar-refractivity contribution in [2.24, 2.45) is 5.92 Å². The summed E-state index contributed by atoms with van der Waals surface area (Å²) in [4.78, 5) is 30.1. The van der Waals surface area contributed by atoms with Gasteiger partial charge >= 0.3 is 6.18 Å². The molecule has 28 heavy (non-hydrogen) atoms. The summed E-state index contributed by atoms with van der Waals surface area (Å²) in [7, 11) is 1.41. The maximum atomic E-state index is 12.9. The highest BCUT2D eigenvalue weighted by Gasteiger charge is 2.34. The number of nitrogens with one attached hydrogen (secondary N) is 1. The molecule has 0 aromatic heterocycles. The van der Waals surface area contributed by atoms with Crippen molar-refractivity contribution in [3.63, 3.8) is 0 Å². The zero-order valence-corrected chi connectivity index (χ0v) is 17.1. The molecule has 0 saturated heterocycles. The number of allylic oxidation sites excluding steroid dienone is 2. The lowest BCUT2D eigenvalue weighted by atomic mass is 9.81. The molecule has 2 rings (SSSR count). The SMILES string of the molecule is CCC(NOC)=C1C(=O)CC(CCSc2ccc(Cl)c(C(F)(F)F)c2)CC1=O. The van der Waals surface area contributed by atoms with E-state index >= 15 is 0 Å². The van der Waals surface area contributed by atoms with Crippen molar-refractivity contribution in [3.05, 3.63) is 40.1 Å². The van der Waals surface area contributed by atoms with Crippen LogP contribution in [0.4, 0.5) is 13.2 Å². The minimum Gasteiger partial charge on any atom is -0.294 e. The molecule has 1 aromatic rings. The van der Waals surface area contributed by atoms with Gasteiger partial charge in [0.1, 0.15) is 0 Å². The highest BCUT2D eigenvalue weighted by molar-refractivity contribution is 7.99. The number of carbonyl (C=O) groups excluding carboxylic acids is 2. The van der Waals surface area contributed by atoms with E-state index in [0.717, 1.165) is 6.07 Å². The topological polar surface area (TPSA) is 55.4 Å². The Kier molecular flexibility index (Phi) is 7.97. The smallest absolute Gasteiger partial charge is 0.294 e. The minimum absolute atomic E-state index is 0.119. The molecule has 0 unspecified atom stereocenters. The monoisotopic (exact) mass is 435 g/mol. The van der Waals surface area contributed by atoms with Gasteiger partial charge in [0, 0.05) is 17.7 Å². The van der Waals surface area contributed by atoms with Crippen molar-refractivity contribution in [1.29, 1.82) is 0 Å². The number of alkyl halides is 3. The summed E-state index contributed by atoms with van der Waals surface area (Å²) in [6.07, 6.45) is -3.00. The van der Waals surface area contributed by atoms with Crippen LogP contribution in [0, 0.1) is 5.92 Å². The lowest BCUT2D eigenvalue weighted by Gasteiger charge is -2.23. The summed E-state index contributed by atoms with van der Waals surface area (Å²) in [6.45, 7) is 1.82. The number of benzene rings is 1. The van der Waals surface area contributed by atoms with Crippen molar-refractivity contribution in [2.75, 3.05) is 12.9 Å². The van der Waals surface area contributed by atoms with Crippen molar-refractivity contribution >= 4 is 34.9 Å². The van der Waals surface area contributed by atoms with E-state index in [4.69, 9.17) is 16.4 Å². The third-order valence-corrected chi connectivity index (χ3v) is 5.78. The van der Waals surface area contributed by atoms with E-state index in [1.54, 1.807) is 0 Å². The minimum atomic E-state index is -4.51. The Hall–Kier alpha value is -1.51. The first-order valence-electron chi connectivity index (χ1n) is 8.75. The molecular formula is C19H21ClF3NO3S. The van der Waals surface area contributed by atoms with Crippen LogP contribution in [-0.2, 0) is 20.6 Å². The average Bonchev–Trinajstić information content (AvgIpc) is 2.60. The fourth-order valence-corrected chi connectivity index (χ4v) is 4.35. The van der Waals surface area contributed by atoms with Crippen molar-refractivity contribution < 1.29 is 27.6 Å². The molecule has 1 N–H and O–H groups in total. The molecule has 0 heterocycles. The molecule has 4 nitrogen and oxygen atoms in total. The van der Waals surface area contributed by atoms with Crippen molar-refractivity contribution in [2.45, 2.75) is 43.7 Å². The number of hydrogen-bond donors (Lipinski definition) is 1. The molecule has 1 aliphatic carbocycles. The third kappa shape index (κ3) is 5.75. The van der Waals surface area contributed by atoms with Gasteiger partial charge in [-0.1, -0.05) is 18.5 Å². The number of thioether (sulfide) groups is 1. The van der Waals surface area contributed by atoms with Gasteiger partial charge in [-0.2, -0.15) is 13.2 Å². The van der Waals surface area contributed by atoms with E-state index in [0.29, 0.717) is 29.2 Å². The van der Waals surface area contributed by atoms with E-state index in [9.17, 15) is 22.8 Å². The average molecular weight is 436 g/mol. The highest BCUT2D eigenvalue weighted by Crippen LogP contribution is 2.37. The van der Waals surface area contributed by atoms with E-state index < -0.39 is 11.7 Å². The summed E-state index contributed by atoms with van der Waals surface area (Å²) < 4.78 is 38.8. The Labute approximate surface area is 170 Å². The Morgan fingerprint density at radius 1 is 1.29 bits per heavy atom. The zero-order valence-electron chi connectivity index (χ0n) is 15.5. The van der Waals surface area contributed by atoms with Crippen molar-refractivity contribution in [3.8, 4) is 0 Å². The van der Waals surface area contributed by atoms with Gasteiger partial charge in [-0.05, 0) is 42.7 Å². The third-order valence-electron chi connectivity index (χ3n) is 4.42. The van der Waals surface area contributed by atoms with Crippen LogP contribution in [0.25, 0.3) is 0 Å². The highest BCUT2D eigenvalue weighted by atomic mass is 35.5. The Morgan fingerprint density at radius 2 is 1.93 bits per heavy atom. The quantitative estimate of drug-likeness (QED) is 0.276. The van der Waals surface area contributed by atoms with Crippen LogP contribution in [0.15, 0.2) is 34.4 Å². The molecule has 154 valence electrons. The fraction of sp³-hybridized carbons (Fsp3) is 0.474. The zero-order chi connectivity index (χ0) is 20.9. The fourth-order valence-electron chi connectivity index (χ4n) is 3.07. The lowest BCUT2D eigenvalue weighted by Crippen LogP contribution is -2.30. The molecule has 0 bridgehead atoms. The molecule has 0 radical (unpaired) electrons. The molecule has 9 heteroatoms. The lowest BCUT2D eigenvalue weighted by molar-refractivity contribution is -0.137. The second-order valence-corrected chi connectivity index (χ2v) is 7.99. The van der Waals surface area contributed by atoms with Gasteiger partial charge in [-0.15, -0.1) is 11.8 Å². The van der Waals surface area contributed by atoms with E-state index in [-0.39, 0.29) is 40.9 Å². The summed E-state index contributed by atoms with van der Waals surface area (Å²) in [6, 6.07) is 3.78. The molecular weight excluding hydrogens is 415 g/mol. The molecule has 1 saturated carbocycles. The number of hydroxylamine groups is 1. The van der Waals surface area contributed by atoms with Crippen LogP contribution in [0.1, 0.15) is 38.2 Å². The Morgan fingerprint density at radius 3 is 2.46 bits per heavy atom. The first-order valence-corrected chi connectivity index (χ1v) is 10.1. The summed E-state index contributed by atoms with van der Waals surface area (Å²) in [5, 5.41) is -0.337. The van der Waals surface area contributed by atoms with Crippen LogP contribution in [0.2, 0.25) is 5.02 Å². The number of hydrogen-bond acceptors (Lipinski definition) is 5. The predicted octanol–water partition coefficient (Wildman–Crippen LogP) is 5.20. The maximum absolute atomic E-state index is 12.9. The Balaban J connectivity index is 1.97. The number of Topliss-reactive ketones (excluding diaryl/α,β-unsaturated/α-hetero) is 2. The largest absolute Gasteiger partial charge is 0.417 e. The molecule has 1 aliphatic rings. The number of carbonyl (C=O) groups is 2. The van der Waals surface area contributed by atoms with Crippen LogP contribution in [0.5, 0.6) is 0 Å². The normalized spacial score (nSPS) is 17.8. The van der Waals surface area contributed by atoms with Crippen molar-refractivity contribution in [1.82, 2.24) is 5.48 Å². The molecule has 1 fully saturated rings. The van der Waals surface area contributed by atoms with E-state index in [2.05, 4.69) is 5.48 Å². The molecule has 0 atom stereocenters. The number of ketones is 2. The standard InChI is InChI=1S/C19H21ClF3NO3S/c1-3-15(24-27-2)18-16(25)8-11(9-17(18)26)6-7-28-12-4-5-14(20)13(10-12)19(21,22)23/h4-5,10-11,24H,3,6-9H2,1-2H3. The number of rotatable bonds is 7. The van der Waals surface area contributed by atoms with Gasteiger partial charge in [0.15, 0.2) is 11.6 Å². The second kappa shape index (κ2) is 9.80. The van der Waals surface area contributed by atoms with Gasteiger partial charge in [0.05, 0.1) is 29.0 Å². The van der Waals surface area contributed by atoms with E-state index in [1.165, 1.54) is 31.0 Å². The summed E-state index contributed by atoms with van der Waals surface area (Å²) in [5.74, 6) is -0.0662. The Bertz CT molecular complexity index is 760. The predicted molar refractivity (Wildman–Crippen MR) is 102 cm³/mol. The molecule has 0 amide bonds. The second-order valence-electron chi connectivity index (χ2n) is 6.41. The molecule has 1 aromatic carbocycles. The van der Waals surface area contributed by atoms with Gasteiger partial charge < -0.3 is 0 Å². The summed E-state index contributed by atoms with van der Waals surface area (Å²) >= 11 is 6.87. The van der Waals surface area contributed by atoms with Gasteiger partial charge in [0.2, 0.25) is 0 Å². The maximum Gasteiger partial charge on any atom is 0.417 e. The van der Waals surface area contributed by atoms with Gasteiger partial charge in [-0.3, -0.25) is 19.9 Å². The van der Waals surface area contributed by atoms with Crippen LogP contribution in [-0.4, -0.2) is 24.4 Å². The molecule has 0 aliphatic heterocycles. The molecule has 0 spiro atoms. The van der Waals surface area contributed by atoms with Gasteiger partial charge in [-0.25, -0.2) is 0 Å².